The fourth-order valence-electron chi connectivity index (χ4n) is 8.13. The Bertz CT molecular complexity index is 1610. The van der Waals surface area contributed by atoms with Gasteiger partial charge in [0.05, 0.1) is 6.20 Å². The van der Waals surface area contributed by atoms with Crippen molar-refractivity contribution in [2.24, 2.45) is 23.7 Å². The maximum absolute atomic E-state index is 12.8. The molecule has 0 radical (unpaired) electrons. The molecule has 3 aromatic rings. The highest BCUT2D eigenvalue weighted by atomic mass is 35.5. The van der Waals surface area contributed by atoms with Gasteiger partial charge in [-0.3, -0.25) is 14.5 Å². The Balaban J connectivity index is 0.905. The Morgan fingerprint density at radius 2 is 1.86 bits per heavy atom. The molecule has 1 unspecified atom stereocenters. The lowest BCUT2D eigenvalue weighted by atomic mass is 9.69. The van der Waals surface area contributed by atoms with E-state index in [-0.39, 0.29) is 11.8 Å². The first-order valence-corrected chi connectivity index (χ1v) is 18.6. The minimum Gasteiger partial charge on any atom is -0.369 e. The maximum Gasteiger partial charge on any atom is 0.247 e. The van der Waals surface area contributed by atoms with Gasteiger partial charge in [0.1, 0.15) is 5.02 Å². The van der Waals surface area contributed by atoms with Crippen molar-refractivity contribution in [1.29, 1.82) is 0 Å². The minimum atomic E-state index is -0.259. The van der Waals surface area contributed by atoms with Gasteiger partial charge in [-0.25, -0.2) is 4.98 Å². The molecule has 2 aliphatic carbocycles. The van der Waals surface area contributed by atoms with Gasteiger partial charge in [-0.05, 0) is 104 Å². The summed E-state index contributed by atoms with van der Waals surface area (Å²) in [6, 6.07) is 15.9. The molecule has 2 saturated carbocycles. The van der Waals surface area contributed by atoms with Gasteiger partial charge in [0.2, 0.25) is 17.8 Å². The van der Waals surface area contributed by atoms with Gasteiger partial charge in [0, 0.05) is 62.8 Å². The van der Waals surface area contributed by atoms with Crippen molar-refractivity contribution in [3.8, 4) is 0 Å². The second kappa shape index (κ2) is 17.2. The molecule has 2 bridgehead atoms. The van der Waals surface area contributed by atoms with Crippen LogP contribution in [0.15, 0.2) is 67.4 Å². The molecule has 1 aliphatic heterocycles. The normalized spacial score (nSPS) is 21.8. The van der Waals surface area contributed by atoms with Crippen LogP contribution in [0.2, 0.25) is 5.02 Å². The first-order valence-electron chi connectivity index (χ1n) is 18.3. The van der Waals surface area contributed by atoms with Crippen molar-refractivity contribution in [3.63, 3.8) is 0 Å². The van der Waals surface area contributed by atoms with Gasteiger partial charge >= 0.3 is 0 Å². The quantitative estimate of drug-likeness (QED) is 0.0983. The fraction of sp³-hybridized carbons (Fsp3) is 0.487. The van der Waals surface area contributed by atoms with E-state index in [1.54, 1.807) is 6.20 Å². The molecule has 266 valence electrons. The van der Waals surface area contributed by atoms with Gasteiger partial charge in [-0.15, -0.1) is 0 Å². The number of anilines is 5. The third-order valence-electron chi connectivity index (χ3n) is 10.8. The number of aromatic nitrogens is 2. The Hall–Kier alpha value is -4.15. The maximum atomic E-state index is 12.8. The van der Waals surface area contributed by atoms with Gasteiger partial charge in [-0.2, -0.15) is 4.98 Å². The SMILES string of the molecule is C=CC(=O)Nc1cccc(CNc2nc(Nc3ccc(N4CCN(CCCNC(=O)CC5[C@H](CC)C[C@@H]6CC[C@H]5C6)CC4)cc3)ncc2Cl)c1. The number of hydrogen-bond acceptors (Lipinski definition) is 8. The van der Waals surface area contributed by atoms with E-state index in [0.717, 1.165) is 81.1 Å². The number of piperazine rings is 1. The first-order chi connectivity index (χ1) is 24.4. The minimum absolute atomic E-state index is 0.259. The highest BCUT2D eigenvalue weighted by molar-refractivity contribution is 6.32. The Labute approximate surface area is 301 Å². The summed E-state index contributed by atoms with van der Waals surface area (Å²) in [5.41, 5.74) is 3.72. The second-order valence-corrected chi connectivity index (χ2v) is 14.5. The molecule has 10 nitrogen and oxygen atoms in total. The third-order valence-corrected chi connectivity index (χ3v) is 11.1. The summed E-state index contributed by atoms with van der Waals surface area (Å²) in [6.07, 6.45) is 11.2. The summed E-state index contributed by atoms with van der Waals surface area (Å²) < 4.78 is 0. The zero-order valence-corrected chi connectivity index (χ0v) is 29.9. The number of fused-ring (bicyclic) bond motifs is 2. The van der Waals surface area contributed by atoms with Crippen molar-refractivity contribution in [1.82, 2.24) is 20.2 Å². The number of nitrogens with one attached hydrogen (secondary N) is 4. The molecule has 4 atom stereocenters. The van der Waals surface area contributed by atoms with E-state index >= 15 is 0 Å². The van der Waals surface area contributed by atoms with Crippen LogP contribution < -0.4 is 26.2 Å². The lowest BCUT2D eigenvalue weighted by Gasteiger charge is -2.36. The number of amides is 2. The number of carbonyl (C=O) groups is 2. The predicted molar refractivity (Wildman–Crippen MR) is 203 cm³/mol. The van der Waals surface area contributed by atoms with Crippen LogP contribution in [0.1, 0.15) is 57.4 Å². The monoisotopic (exact) mass is 698 g/mol. The van der Waals surface area contributed by atoms with Crippen molar-refractivity contribution in [2.75, 3.05) is 60.1 Å². The van der Waals surface area contributed by atoms with Crippen LogP contribution >= 0.6 is 11.6 Å². The van der Waals surface area contributed by atoms with E-state index in [1.807, 2.05) is 36.4 Å². The second-order valence-electron chi connectivity index (χ2n) is 14.1. The molecule has 2 amide bonds. The van der Waals surface area contributed by atoms with Gasteiger partial charge in [0.25, 0.3) is 0 Å². The summed E-state index contributed by atoms with van der Waals surface area (Å²) in [7, 11) is 0. The number of nitrogens with zero attached hydrogens (tertiary/aromatic N) is 4. The van der Waals surface area contributed by atoms with E-state index in [4.69, 9.17) is 11.6 Å². The summed E-state index contributed by atoms with van der Waals surface area (Å²) in [6.45, 7) is 12.0. The first kappa shape index (κ1) is 35.7. The summed E-state index contributed by atoms with van der Waals surface area (Å²) >= 11 is 6.39. The Morgan fingerprint density at radius 3 is 2.64 bits per heavy atom. The fourth-order valence-corrected chi connectivity index (χ4v) is 8.29. The van der Waals surface area contributed by atoms with Crippen LogP contribution in [0, 0.1) is 23.7 Å². The largest absolute Gasteiger partial charge is 0.369 e. The zero-order chi connectivity index (χ0) is 34.9. The zero-order valence-electron chi connectivity index (χ0n) is 29.2. The van der Waals surface area contributed by atoms with Crippen molar-refractivity contribution < 1.29 is 9.59 Å². The third kappa shape index (κ3) is 9.54. The summed E-state index contributed by atoms with van der Waals surface area (Å²) in [4.78, 5) is 38.3. The average Bonchev–Trinajstić information content (AvgIpc) is 3.54. The van der Waals surface area contributed by atoms with E-state index in [1.165, 1.54) is 43.9 Å². The number of halogens is 1. The van der Waals surface area contributed by atoms with Crippen LogP contribution in [0.5, 0.6) is 0 Å². The van der Waals surface area contributed by atoms with Crippen molar-refractivity contribution in [2.45, 2.75) is 58.4 Å². The summed E-state index contributed by atoms with van der Waals surface area (Å²) in [5, 5.41) is 13.0. The van der Waals surface area contributed by atoms with Gasteiger partial charge < -0.3 is 26.2 Å². The number of hydrogen-bond donors (Lipinski definition) is 4. The molecule has 1 saturated heterocycles. The van der Waals surface area contributed by atoms with Crippen LogP contribution in [0.4, 0.5) is 28.8 Å². The van der Waals surface area contributed by atoms with E-state index < -0.39 is 0 Å². The lowest BCUT2D eigenvalue weighted by molar-refractivity contribution is -0.123. The molecule has 11 heteroatoms. The predicted octanol–water partition coefficient (Wildman–Crippen LogP) is 7.09. The van der Waals surface area contributed by atoms with E-state index in [0.29, 0.717) is 34.9 Å². The molecule has 4 N–H and O–H groups in total. The van der Waals surface area contributed by atoms with Crippen LogP contribution in [-0.4, -0.2) is 66.0 Å². The highest BCUT2D eigenvalue weighted by Crippen LogP contribution is 2.50. The molecule has 50 heavy (non-hydrogen) atoms. The molecular formula is C39H51ClN8O2. The van der Waals surface area contributed by atoms with Crippen LogP contribution in [-0.2, 0) is 16.1 Å². The van der Waals surface area contributed by atoms with Crippen LogP contribution in [0.3, 0.4) is 0 Å². The van der Waals surface area contributed by atoms with Gasteiger partial charge in [-0.1, -0.05) is 50.1 Å². The highest BCUT2D eigenvalue weighted by Gasteiger charge is 2.41. The molecule has 2 heterocycles. The molecule has 0 spiro atoms. The average molecular weight is 699 g/mol. The van der Waals surface area contributed by atoms with Crippen molar-refractivity contribution >= 4 is 52.2 Å². The molecule has 6 rings (SSSR count). The molecule has 3 fully saturated rings. The smallest absolute Gasteiger partial charge is 0.247 e. The molecule has 2 aromatic carbocycles. The summed E-state index contributed by atoms with van der Waals surface area (Å²) in [5.74, 6) is 4.00. The number of rotatable bonds is 15. The molecular weight excluding hydrogens is 648 g/mol. The molecule has 1 aromatic heterocycles. The van der Waals surface area contributed by atoms with Crippen molar-refractivity contribution in [3.05, 3.63) is 78.0 Å². The topological polar surface area (TPSA) is 115 Å². The Kier molecular flexibility index (Phi) is 12.3. The molecule has 3 aliphatic rings. The Morgan fingerprint density at radius 1 is 1.04 bits per heavy atom. The van der Waals surface area contributed by atoms with Crippen LogP contribution in [0.25, 0.3) is 0 Å². The standard InChI is InChI=1S/C39H51ClN8O2/c1-3-29-21-27-9-10-30(22-27)34(29)24-37(50)41-15-6-16-47-17-19-48(20-18-47)33-13-11-31(12-14-33)45-39-43-26-35(40)38(46-39)42-25-28-7-5-8-32(23-28)44-36(49)4-2/h4-5,7-8,11-14,23,26-27,29-30,34H,2-3,6,9-10,15-22,24-25H2,1H3,(H,41,50)(H,44,49)(H2,42,43,45,46)/t27-,29+,30-,34?/m0/s1. The van der Waals surface area contributed by atoms with E-state index in [2.05, 4.69) is 66.7 Å². The number of benzene rings is 2. The van der Waals surface area contributed by atoms with E-state index in [9.17, 15) is 9.59 Å². The van der Waals surface area contributed by atoms with Gasteiger partial charge in [0.15, 0.2) is 5.82 Å². The lowest BCUT2D eigenvalue weighted by Crippen LogP contribution is -2.47. The number of carbonyl (C=O) groups excluding carboxylic acids is 2.